The average Bonchev–Trinajstić information content (AvgIpc) is 2.55. The first-order valence-corrected chi connectivity index (χ1v) is 8.42. The van der Waals surface area contributed by atoms with Crippen molar-refractivity contribution in [3.8, 4) is 0 Å². The number of halogens is 1. The molecule has 0 amide bonds. The van der Waals surface area contributed by atoms with E-state index in [9.17, 15) is 0 Å². The van der Waals surface area contributed by atoms with Crippen LogP contribution in [0, 0.1) is 6.92 Å². The van der Waals surface area contributed by atoms with E-state index in [1.54, 1.807) is 7.11 Å². The fourth-order valence-corrected chi connectivity index (χ4v) is 3.14. The third kappa shape index (κ3) is 3.86. The minimum absolute atomic E-state index is 0.0268. The normalized spacial score (nSPS) is 21.1. The molecular formula is C18H22ClN3O2. The van der Waals surface area contributed by atoms with E-state index in [1.807, 2.05) is 37.3 Å². The number of morpholine rings is 1. The highest BCUT2D eigenvalue weighted by Crippen LogP contribution is 2.29. The van der Waals surface area contributed by atoms with E-state index in [1.165, 1.54) is 0 Å². The van der Waals surface area contributed by atoms with Crippen LogP contribution in [0.25, 0.3) is 0 Å². The Bertz CT molecular complexity index is 710. The minimum Gasteiger partial charge on any atom is -0.377 e. The van der Waals surface area contributed by atoms with Gasteiger partial charge in [-0.25, -0.2) is 9.97 Å². The second kappa shape index (κ2) is 7.47. The largest absolute Gasteiger partial charge is 0.377 e. The Kier molecular flexibility index (Phi) is 5.33. The minimum atomic E-state index is -0.0268. The molecule has 5 nitrogen and oxygen atoms in total. The van der Waals surface area contributed by atoms with Gasteiger partial charge in [-0.2, -0.15) is 0 Å². The lowest BCUT2D eigenvalue weighted by Gasteiger charge is -2.39. The van der Waals surface area contributed by atoms with E-state index in [0.29, 0.717) is 19.0 Å². The molecule has 0 radical (unpaired) electrons. The summed E-state index contributed by atoms with van der Waals surface area (Å²) in [7, 11) is 1.65. The highest BCUT2D eigenvalue weighted by molar-refractivity contribution is 6.30. The van der Waals surface area contributed by atoms with Gasteiger partial charge in [-0.15, -0.1) is 0 Å². The number of aromatic nitrogens is 2. The lowest BCUT2D eigenvalue weighted by Crippen LogP contribution is -2.45. The molecule has 1 aromatic heterocycles. The molecule has 0 bridgehead atoms. The van der Waals surface area contributed by atoms with Gasteiger partial charge in [-0.3, -0.25) is 0 Å². The summed E-state index contributed by atoms with van der Waals surface area (Å²) in [5.74, 6) is 1.61. The SMILES string of the molecule is COCc1nc(C)cc(N2CC(c3cccc(Cl)c3)OCC2C)n1. The summed E-state index contributed by atoms with van der Waals surface area (Å²) in [5.41, 5.74) is 2.02. The summed E-state index contributed by atoms with van der Waals surface area (Å²) >= 11 is 6.12. The van der Waals surface area contributed by atoms with Gasteiger partial charge in [-0.1, -0.05) is 23.7 Å². The quantitative estimate of drug-likeness (QED) is 0.846. The van der Waals surface area contributed by atoms with Crippen LogP contribution >= 0.6 is 11.6 Å². The van der Waals surface area contributed by atoms with Crippen LogP contribution in [-0.2, 0) is 16.1 Å². The van der Waals surface area contributed by atoms with Crippen LogP contribution in [0.4, 0.5) is 5.82 Å². The lowest BCUT2D eigenvalue weighted by molar-refractivity contribution is 0.0212. The van der Waals surface area contributed by atoms with Gasteiger partial charge < -0.3 is 14.4 Å². The van der Waals surface area contributed by atoms with E-state index < -0.39 is 0 Å². The number of aryl methyl sites for hydroxylation is 1. The Morgan fingerprint density at radius 3 is 2.92 bits per heavy atom. The second-order valence-corrected chi connectivity index (χ2v) is 6.53. The van der Waals surface area contributed by atoms with E-state index in [4.69, 9.17) is 21.1 Å². The van der Waals surface area contributed by atoms with E-state index >= 15 is 0 Å². The van der Waals surface area contributed by atoms with Crippen molar-refractivity contribution in [3.63, 3.8) is 0 Å². The number of hydrogen-bond acceptors (Lipinski definition) is 5. The molecule has 1 aliphatic rings. The zero-order chi connectivity index (χ0) is 17.1. The van der Waals surface area contributed by atoms with Crippen molar-refractivity contribution in [1.29, 1.82) is 0 Å². The van der Waals surface area contributed by atoms with E-state index in [-0.39, 0.29) is 12.1 Å². The lowest BCUT2D eigenvalue weighted by atomic mass is 10.1. The van der Waals surface area contributed by atoms with Gasteiger partial charge in [0.05, 0.1) is 19.2 Å². The number of nitrogens with zero attached hydrogens (tertiary/aromatic N) is 3. The van der Waals surface area contributed by atoms with E-state index in [2.05, 4.69) is 21.8 Å². The van der Waals surface area contributed by atoms with Crippen molar-refractivity contribution in [3.05, 3.63) is 52.4 Å². The Hall–Kier alpha value is -1.69. The monoisotopic (exact) mass is 347 g/mol. The summed E-state index contributed by atoms with van der Waals surface area (Å²) in [6, 6.07) is 10.1. The molecule has 1 aliphatic heterocycles. The fraction of sp³-hybridized carbons (Fsp3) is 0.444. The van der Waals surface area contributed by atoms with Crippen LogP contribution in [0.5, 0.6) is 0 Å². The number of methoxy groups -OCH3 is 1. The molecular weight excluding hydrogens is 326 g/mol. The highest BCUT2D eigenvalue weighted by atomic mass is 35.5. The first-order valence-electron chi connectivity index (χ1n) is 8.04. The smallest absolute Gasteiger partial charge is 0.156 e. The van der Waals surface area contributed by atoms with Crippen molar-refractivity contribution in [2.75, 3.05) is 25.2 Å². The maximum atomic E-state index is 6.12. The summed E-state index contributed by atoms with van der Waals surface area (Å²) in [5, 5.41) is 0.724. The average molecular weight is 348 g/mol. The zero-order valence-corrected chi connectivity index (χ0v) is 15.0. The highest BCUT2D eigenvalue weighted by Gasteiger charge is 2.28. The summed E-state index contributed by atoms with van der Waals surface area (Å²) in [6.45, 7) is 5.89. The van der Waals surface area contributed by atoms with Crippen molar-refractivity contribution in [2.45, 2.75) is 32.6 Å². The van der Waals surface area contributed by atoms with Gasteiger partial charge >= 0.3 is 0 Å². The van der Waals surface area contributed by atoms with Crippen molar-refractivity contribution < 1.29 is 9.47 Å². The molecule has 2 atom stereocenters. The number of hydrogen-bond donors (Lipinski definition) is 0. The van der Waals surface area contributed by atoms with Gasteiger partial charge in [0.1, 0.15) is 18.5 Å². The van der Waals surface area contributed by atoms with Gasteiger partial charge in [0, 0.05) is 23.9 Å². The van der Waals surface area contributed by atoms with Gasteiger partial charge in [0.2, 0.25) is 0 Å². The zero-order valence-electron chi connectivity index (χ0n) is 14.2. The molecule has 1 aromatic carbocycles. The van der Waals surface area contributed by atoms with Gasteiger partial charge in [0.25, 0.3) is 0 Å². The Morgan fingerprint density at radius 1 is 1.33 bits per heavy atom. The number of ether oxygens (including phenoxy) is 2. The first-order chi connectivity index (χ1) is 11.6. The number of anilines is 1. The maximum Gasteiger partial charge on any atom is 0.156 e. The van der Waals surface area contributed by atoms with Crippen LogP contribution in [0.15, 0.2) is 30.3 Å². The first kappa shape index (κ1) is 17.1. The summed E-state index contributed by atoms with van der Waals surface area (Å²) in [4.78, 5) is 11.3. The number of benzene rings is 1. The molecule has 24 heavy (non-hydrogen) atoms. The molecule has 3 rings (SSSR count). The third-order valence-corrected chi connectivity index (χ3v) is 4.34. The molecule has 0 saturated carbocycles. The predicted molar refractivity (Wildman–Crippen MR) is 94.4 cm³/mol. The van der Waals surface area contributed by atoms with Crippen molar-refractivity contribution >= 4 is 17.4 Å². The standard InChI is InChI=1S/C18H22ClN3O2/c1-12-7-18(21-17(20-12)11-23-3)22-9-16(24-10-13(22)2)14-5-4-6-15(19)8-14/h4-8,13,16H,9-11H2,1-3H3. The van der Waals surface area contributed by atoms with Crippen LogP contribution in [0.2, 0.25) is 5.02 Å². The topological polar surface area (TPSA) is 47.5 Å². The molecule has 2 aromatic rings. The van der Waals surface area contributed by atoms with Crippen LogP contribution in [-0.4, -0.2) is 36.3 Å². The molecule has 0 aliphatic carbocycles. The predicted octanol–water partition coefficient (Wildman–Crippen LogP) is 3.55. The summed E-state index contributed by atoms with van der Waals surface area (Å²) in [6.07, 6.45) is -0.0268. The Morgan fingerprint density at radius 2 is 2.17 bits per heavy atom. The van der Waals surface area contributed by atoms with Gasteiger partial charge in [0.15, 0.2) is 5.82 Å². The van der Waals surface area contributed by atoms with Crippen LogP contribution in [0.1, 0.15) is 30.1 Å². The van der Waals surface area contributed by atoms with Gasteiger partial charge in [-0.05, 0) is 31.5 Å². The maximum absolute atomic E-state index is 6.12. The molecule has 0 spiro atoms. The third-order valence-electron chi connectivity index (χ3n) is 4.11. The van der Waals surface area contributed by atoms with Crippen molar-refractivity contribution in [1.82, 2.24) is 9.97 Å². The molecule has 0 N–H and O–H groups in total. The number of rotatable bonds is 4. The second-order valence-electron chi connectivity index (χ2n) is 6.10. The molecule has 1 saturated heterocycles. The molecule has 2 unspecified atom stereocenters. The summed E-state index contributed by atoms with van der Waals surface area (Å²) < 4.78 is 11.2. The van der Waals surface area contributed by atoms with Crippen LogP contribution < -0.4 is 4.90 Å². The molecule has 6 heteroatoms. The van der Waals surface area contributed by atoms with E-state index in [0.717, 1.165) is 28.6 Å². The molecule has 128 valence electrons. The van der Waals surface area contributed by atoms with Crippen LogP contribution in [0.3, 0.4) is 0 Å². The molecule has 2 heterocycles. The Labute approximate surface area is 147 Å². The van der Waals surface area contributed by atoms with Crippen molar-refractivity contribution in [2.24, 2.45) is 0 Å². The Balaban J connectivity index is 1.86. The fourth-order valence-electron chi connectivity index (χ4n) is 2.94. The molecule has 1 fully saturated rings.